The standard InChI is InChI=1S/C24H23N3O3S2/c1-2-30-21-12-6-5-11-20(21)25-22(28)16-32-24-26-19-10-4-3-9-18(19)23(29)27(24)14-13-17-8-7-15-31-17/h3-12,15H,2,13-14,16H2,1H3,(H,25,28). The van der Waals surface area contributed by atoms with Gasteiger partial charge in [-0.1, -0.05) is 42.1 Å². The second-order valence-electron chi connectivity index (χ2n) is 6.96. The van der Waals surface area contributed by atoms with Gasteiger partial charge in [0.1, 0.15) is 5.75 Å². The number of thioether (sulfide) groups is 1. The Morgan fingerprint density at radius 2 is 1.94 bits per heavy atom. The second kappa shape index (κ2) is 10.5. The molecule has 2 aromatic carbocycles. The number of nitrogens with one attached hydrogen (secondary N) is 1. The number of carbonyl (C=O) groups excluding carboxylic acids is 1. The van der Waals surface area contributed by atoms with Gasteiger partial charge in [-0.2, -0.15) is 0 Å². The van der Waals surface area contributed by atoms with Crippen LogP contribution in [0.2, 0.25) is 0 Å². The van der Waals surface area contributed by atoms with Crippen LogP contribution < -0.4 is 15.6 Å². The Kier molecular flexibility index (Phi) is 7.24. The van der Waals surface area contributed by atoms with Crippen molar-refractivity contribution in [2.24, 2.45) is 0 Å². The molecule has 0 spiro atoms. The van der Waals surface area contributed by atoms with Gasteiger partial charge in [-0.05, 0) is 49.1 Å². The fraction of sp³-hybridized carbons (Fsp3) is 0.208. The lowest BCUT2D eigenvalue weighted by Crippen LogP contribution is -2.25. The van der Waals surface area contributed by atoms with Gasteiger partial charge in [-0.25, -0.2) is 4.98 Å². The number of benzene rings is 2. The van der Waals surface area contributed by atoms with Crippen LogP contribution in [-0.2, 0) is 17.8 Å². The number of thiophene rings is 1. The molecule has 6 nitrogen and oxygen atoms in total. The number of fused-ring (bicyclic) bond motifs is 1. The van der Waals surface area contributed by atoms with Crippen molar-refractivity contribution in [3.63, 3.8) is 0 Å². The van der Waals surface area contributed by atoms with Gasteiger partial charge in [0, 0.05) is 11.4 Å². The van der Waals surface area contributed by atoms with E-state index >= 15 is 0 Å². The second-order valence-corrected chi connectivity index (χ2v) is 8.94. The fourth-order valence-electron chi connectivity index (χ4n) is 3.30. The van der Waals surface area contributed by atoms with E-state index < -0.39 is 0 Å². The van der Waals surface area contributed by atoms with Crippen LogP contribution in [0.15, 0.2) is 76.0 Å². The lowest BCUT2D eigenvalue weighted by molar-refractivity contribution is -0.113. The normalized spacial score (nSPS) is 10.9. The average Bonchev–Trinajstić information content (AvgIpc) is 3.32. The molecule has 32 heavy (non-hydrogen) atoms. The van der Waals surface area contributed by atoms with Crippen molar-refractivity contribution in [3.8, 4) is 5.75 Å². The number of hydrogen-bond acceptors (Lipinski definition) is 6. The number of nitrogens with zero attached hydrogens (tertiary/aromatic N) is 2. The molecule has 2 heterocycles. The SMILES string of the molecule is CCOc1ccccc1NC(=O)CSc1nc2ccccc2c(=O)n1CCc1cccs1. The van der Waals surface area contributed by atoms with Crippen LogP contribution in [0.4, 0.5) is 5.69 Å². The van der Waals surface area contributed by atoms with E-state index in [9.17, 15) is 9.59 Å². The molecular formula is C24H23N3O3S2. The summed E-state index contributed by atoms with van der Waals surface area (Å²) in [5, 5.41) is 6.04. The highest BCUT2D eigenvalue weighted by Crippen LogP contribution is 2.25. The molecule has 164 valence electrons. The molecule has 0 fully saturated rings. The fourth-order valence-corrected chi connectivity index (χ4v) is 4.82. The van der Waals surface area contributed by atoms with Crippen molar-refractivity contribution >= 4 is 45.6 Å². The predicted molar refractivity (Wildman–Crippen MR) is 131 cm³/mol. The summed E-state index contributed by atoms with van der Waals surface area (Å²) in [5.74, 6) is 0.573. The number of ether oxygens (including phenoxy) is 1. The lowest BCUT2D eigenvalue weighted by Gasteiger charge is -2.14. The maximum atomic E-state index is 13.2. The number of hydrogen-bond donors (Lipinski definition) is 1. The van der Waals surface area contributed by atoms with E-state index in [2.05, 4.69) is 16.4 Å². The Morgan fingerprint density at radius 3 is 2.75 bits per heavy atom. The van der Waals surface area contributed by atoms with Crippen LogP contribution in [0.3, 0.4) is 0 Å². The third-order valence-electron chi connectivity index (χ3n) is 4.78. The predicted octanol–water partition coefficient (Wildman–Crippen LogP) is 4.83. The van der Waals surface area contributed by atoms with E-state index in [1.54, 1.807) is 28.0 Å². The molecule has 0 aliphatic carbocycles. The quantitative estimate of drug-likeness (QED) is 0.283. The number of aryl methyl sites for hydroxylation is 1. The molecule has 8 heteroatoms. The lowest BCUT2D eigenvalue weighted by atomic mass is 10.2. The highest BCUT2D eigenvalue weighted by atomic mass is 32.2. The summed E-state index contributed by atoms with van der Waals surface area (Å²) in [5.41, 5.74) is 1.17. The molecule has 0 unspecified atom stereocenters. The third-order valence-corrected chi connectivity index (χ3v) is 6.69. The van der Waals surface area contributed by atoms with E-state index in [1.165, 1.54) is 16.6 Å². The van der Waals surface area contributed by atoms with Gasteiger partial charge in [0.25, 0.3) is 5.56 Å². The van der Waals surface area contributed by atoms with Gasteiger partial charge >= 0.3 is 0 Å². The first-order chi connectivity index (χ1) is 15.7. The summed E-state index contributed by atoms with van der Waals surface area (Å²) < 4.78 is 7.25. The van der Waals surface area contributed by atoms with Gasteiger partial charge < -0.3 is 10.1 Å². The zero-order valence-corrected chi connectivity index (χ0v) is 19.2. The molecule has 0 saturated heterocycles. The number of carbonyl (C=O) groups is 1. The molecule has 4 rings (SSSR count). The molecule has 0 radical (unpaired) electrons. The zero-order chi connectivity index (χ0) is 22.3. The number of para-hydroxylation sites is 3. The van der Waals surface area contributed by atoms with Gasteiger partial charge in [0.05, 0.1) is 29.0 Å². The Hall–Kier alpha value is -3.10. The monoisotopic (exact) mass is 465 g/mol. The van der Waals surface area contributed by atoms with Gasteiger partial charge in [0.2, 0.25) is 5.91 Å². The van der Waals surface area contributed by atoms with Crippen molar-refractivity contribution < 1.29 is 9.53 Å². The van der Waals surface area contributed by atoms with Crippen LogP contribution in [-0.4, -0.2) is 27.8 Å². The summed E-state index contributed by atoms with van der Waals surface area (Å²) in [6.07, 6.45) is 0.735. The highest BCUT2D eigenvalue weighted by molar-refractivity contribution is 7.99. The smallest absolute Gasteiger partial charge is 0.262 e. The van der Waals surface area contributed by atoms with Gasteiger partial charge in [0.15, 0.2) is 5.16 Å². The van der Waals surface area contributed by atoms with Gasteiger partial charge in [-0.3, -0.25) is 14.2 Å². The molecule has 1 N–H and O–H groups in total. The number of aromatic nitrogens is 2. The summed E-state index contributed by atoms with van der Waals surface area (Å²) in [6.45, 7) is 2.92. The Bertz CT molecular complexity index is 1270. The highest BCUT2D eigenvalue weighted by Gasteiger charge is 2.14. The maximum absolute atomic E-state index is 13.2. The summed E-state index contributed by atoms with van der Waals surface area (Å²) in [4.78, 5) is 31.7. The third kappa shape index (κ3) is 5.20. The van der Waals surface area contributed by atoms with Crippen molar-refractivity contribution in [1.82, 2.24) is 9.55 Å². The largest absolute Gasteiger partial charge is 0.492 e. The zero-order valence-electron chi connectivity index (χ0n) is 17.6. The molecule has 0 aliphatic rings. The summed E-state index contributed by atoms with van der Waals surface area (Å²) in [6, 6.07) is 18.7. The molecule has 0 saturated carbocycles. The van der Waals surface area contributed by atoms with E-state index in [4.69, 9.17) is 4.74 Å². The minimum Gasteiger partial charge on any atom is -0.492 e. The molecule has 0 atom stereocenters. The average molecular weight is 466 g/mol. The maximum Gasteiger partial charge on any atom is 0.262 e. The summed E-state index contributed by atoms with van der Waals surface area (Å²) in [7, 11) is 0. The summed E-state index contributed by atoms with van der Waals surface area (Å²) >= 11 is 2.93. The molecular weight excluding hydrogens is 442 g/mol. The molecule has 4 aromatic rings. The van der Waals surface area contributed by atoms with E-state index in [0.717, 1.165) is 6.42 Å². The molecule has 0 bridgehead atoms. The Morgan fingerprint density at radius 1 is 1.12 bits per heavy atom. The van der Waals surface area contributed by atoms with Crippen LogP contribution >= 0.6 is 23.1 Å². The van der Waals surface area contributed by atoms with E-state index in [1.807, 2.05) is 54.8 Å². The van der Waals surface area contributed by atoms with Gasteiger partial charge in [-0.15, -0.1) is 11.3 Å². The van der Waals surface area contributed by atoms with E-state index in [-0.39, 0.29) is 17.2 Å². The van der Waals surface area contributed by atoms with Crippen molar-refractivity contribution in [1.29, 1.82) is 0 Å². The topological polar surface area (TPSA) is 73.2 Å². The molecule has 1 amide bonds. The minimum atomic E-state index is -0.186. The van der Waals surface area contributed by atoms with Crippen LogP contribution in [0, 0.1) is 0 Å². The van der Waals surface area contributed by atoms with Crippen molar-refractivity contribution in [3.05, 3.63) is 81.3 Å². The van der Waals surface area contributed by atoms with Crippen LogP contribution in [0.1, 0.15) is 11.8 Å². The first kappa shape index (κ1) is 22.1. The van der Waals surface area contributed by atoms with Crippen LogP contribution in [0.25, 0.3) is 10.9 Å². The number of anilines is 1. The minimum absolute atomic E-state index is 0.0863. The van der Waals surface area contributed by atoms with Crippen molar-refractivity contribution in [2.45, 2.75) is 25.0 Å². The van der Waals surface area contributed by atoms with E-state index in [0.29, 0.717) is 40.6 Å². The number of amides is 1. The first-order valence-corrected chi connectivity index (χ1v) is 12.2. The first-order valence-electron chi connectivity index (χ1n) is 10.3. The molecule has 2 aromatic heterocycles. The van der Waals surface area contributed by atoms with Crippen LogP contribution in [0.5, 0.6) is 5.75 Å². The van der Waals surface area contributed by atoms with Crippen molar-refractivity contribution in [2.75, 3.05) is 17.7 Å². The molecule has 0 aliphatic heterocycles. The Labute approximate surface area is 194 Å². The number of rotatable bonds is 9. The Balaban J connectivity index is 1.54.